The van der Waals surface area contributed by atoms with Crippen LogP contribution >= 0.6 is 11.6 Å². The maximum absolute atomic E-state index is 9.10. The highest BCUT2D eigenvalue weighted by atomic mass is 35.5. The number of benzene rings is 3. The Morgan fingerprint density at radius 2 is 1.30 bits per heavy atom. The zero-order valence-electron chi connectivity index (χ0n) is 20.7. The molecule has 1 aliphatic rings. The van der Waals surface area contributed by atoms with Gasteiger partial charge < -0.3 is 19.8 Å². The molecule has 3 aromatic carbocycles. The minimum atomic E-state index is -1.82. The number of unbranched alkanes of at least 4 members (excludes halogenated alkanes) is 1. The van der Waals surface area contributed by atoms with Gasteiger partial charge in [0.25, 0.3) is 0 Å². The molecule has 0 bridgehead atoms. The molecule has 4 rings (SSSR count). The maximum Gasteiger partial charge on any atom is 0.414 e. The van der Waals surface area contributed by atoms with Crippen molar-refractivity contribution in [1.82, 2.24) is 4.90 Å². The van der Waals surface area contributed by atoms with Crippen LogP contribution in [-0.2, 0) is 14.3 Å². The molecular formula is C29H33ClN2O5. The summed E-state index contributed by atoms with van der Waals surface area (Å²) in [6.45, 7) is 6.37. The Balaban J connectivity index is 0.000000568. The molecule has 37 heavy (non-hydrogen) atoms. The lowest BCUT2D eigenvalue weighted by molar-refractivity contribution is -0.159. The molecule has 7 nitrogen and oxygen atoms in total. The molecule has 1 aliphatic heterocycles. The molecule has 0 saturated carbocycles. The summed E-state index contributed by atoms with van der Waals surface area (Å²) in [5.41, 5.74) is 3.67. The van der Waals surface area contributed by atoms with Crippen molar-refractivity contribution < 1.29 is 24.5 Å². The topological polar surface area (TPSA) is 90.3 Å². The molecule has 3 aromatic rings. The molecule has 1 atom stereocenters. The first-order valence-electron chi connectivity index (χ1n) is 12.3. The summed E-state index contributed by atoms with van der Waals surface area (Å²) in [7, 11) is 0. The molecule has 0 amide bonds. The second-order valence-electron chi connectivity index (χ2n) is 8.69. The van der Waals surface area contributed by atoms with Crippen LogP contribution < -0.4 is 4.90 Å². The Morgan fingerprint density at radius 1 is 0.757 bits per heavy atom. The van der Waals surface area contributed by atoms with Crippen molar-refractivity contribution in [3.05, 3.63) is 101 Å². The fraction of sp³-hybridized carbons (Fsp3) is 0.310. The lowest BCUT2D eigenvalue weighted by Crippen LogP contribution is -2.46. The Morgan fingerprint density at radius 3 is 1.86 bits per heavy atom. The number of ether oxygens (including phenoxy) is 1. The third kappa shape index (κ3) is 9.53. The highest BCUT2D eigenvalue weighted by Gasteiger charge is 2.17. The Kier molecular flexibility index (Phi) is 11.4. The Bertz CT molecular complexity index is 1080. The largest absolute Gasteiger partial charge is 0.473 e. The van der Waals surface area contributed by atoms with Crippen molar-refractivity contribution in [2.75, 3.05) is 44.2 Å². The van der Waals surface area contributed by atoms with Crippen LogP contribution in [0.25, 0.3) is 0 Å². The smallest absolute Gasteiger partial charge is 0.414 e. The third-order valence-corrected chi connectivity index (χ3v) is 6.36. The molecule has 196 valence electrons. The monoisotopic (exact) mass is 524 g/mol. The summed E-state index contributed by atoms with van der Waals surface area (Å²) in [5.74, 6) is -3.65. The first-order valence-corrected chi connectivity index (χ1v) is 12.7. The van der Waals surface area contributed by atoms with Crippen molar-refractivity contribution in [3.8, 4) is 0 Å². The lowest BCUT2D eigenvalue weighted by atomic mass is 10.0. The van der Waals surface area contributed by atoms with Gasteiger partial charge in [-0.1, -0.05) is 72.3 Å². The molecule has 1 heterocycles. The zero-order chi connectivity index (χ0) is 26.5. The van der Waals surface area contributed by atoms with Gasteiger partial charge in [-0.25, -0.2) is 9.59 Å². The first kappa shape index (κ1) is 28.2. The van der Waals surface area contributed by atoms with Gasteiger partial charge in [-0.3, -0.25) is 4.90 Å². The van der Waals surface area contributed by atoms with Crippen LogP contribution in [0.4, 0.5) is 5.69 Å². The van der Waals surface area contributed by atoms with E-state index in [1.54, 1.807) is 0 Å². The van der Waals surface area contributed by atoms with Gasteiger partial charge in [0.1, 0.15) is 6.10 Å². The number of hydrogen-bond acceptors (Lipinski definition) is 5. The number of anilines is 1. The third-order valence-electron chi connectivity index (χ3n) is 6.10. The molecule has 0 spiro atoms. The molecular weight excluding hydrogens is 492 g/mol. The minimum absolute atomic E-state index is 0.0483. The predicted octanol–water partition coefficient (Wildman–Crippen LogP) is 5.20. The second-order valence-corrected chi connectivity index (χ2v) is 9.13. The van der Waals surface area contributed by atoms with Crippen LogP contribution in [0.3, 0.4) is 0 Å². The zero-order valence-corrected chi connectivity index (χ0v) is 21.5. The van der Waals surface area contributed by atoms with E-state index in [-0.39, 0.29) is 6.10 Å². The van der Waals surface area contributed by atoms with Gasteiger partial charge >= 0.3 is 11.9 Å². The number of rotatable bonds is 9. The molecule has 1 saturated heterocycles. The van der Waals surface area contributed by atoms with Gasteiger partial charge in [0.15, 0.2) is 0 Å². The number of carboxylic acid groups (broad SMARTS) is 2. The number of nitrogens with zero attached hydrogens (tertiary/aromatic N) is 2. The Hall–Kier alpha value is -3.39. The average molecular weight is 525 g/mol. The number of halogens is 1. The molecule has 0 aromatic heterocycles. The van der Waals surface area contributed by atoms with Gasteiger partial charge in [0.2, 0.25) is 0 Å². The van der Waals surface area contributed by atoms with Crippen LogP contribution in [0.15, 0.2) is 84.9 Å². The van der Waals surface area contributed by atoms with E-state index in [0.717, 1.165) is 62.8 Å². The number of aliphatic carboxylic acids is 2. The fourth-order valence-corrected chi connectivity index (χ4v) is 4.28. The molecule has 1 unspecified atom stereocenters. The van der Waals surface area contributed by atoms with E-state index in [4.69, 9.17) is 36.1 Å². The summed E-state index contributed by atoms with van der Waals surface area (Å²) < 4.78 is 6.35. The fourth-order valence-electron chi connectivity index (χ4n) is 4.16. The quantitative estimate of drug-likeness (QED) is 0.293. The van der Waals surface area contributed by atoms with E-state index in [9.17, 15) is 0 Å². The van der Waals surface area contributed by atoms with E-state index >= 15 is 0 Å². The van der Waals surface area contributed by atoms with E-state index in [1.165, 1.54) is 11.3 Å². The van der Waals surface area contributed by atoms with Crippen molar-refractivity contribution in [2.24, 2.45) is 0 Å². The van der Waals surface area contributed by atoms with Crippen LogP contribution in [-0.4, -0.2) is 66.4 Å². The van der Waals surface area contributed by atoms with Gasteiger partial charge in [0.05, 0.1) is 0 Å². The molecule has 2 N–H and O–H groups in total. The number of hydrogen-bond donors (Lipinski definition) is 2. The molecule has 0 aliphatic carbocycles. The molecule has 8 heteroatoms. The Labute approximate surface area is 222 Å². The number of carboxylic acids is 2. The van der Waals surface area contributed by atoms with Crippen molar-refractivity contribution in [2.45, 2.75) is 18.9 Å². The van der Waals surface area contributed by atoms with Crippen molar-refractivity contribution in [1.29, 1.82) is 0 Å². The van der Waals surface area contributed by atoms with E-state index in [0.29, 0.717) is 0 Å². The van der Waals surface area contributed by atoms with Crippen LogP contribution in [0, 0.1) is 0 Å². The SMILES string of the molecule is Clc1ccc(C(OCCCCN2CCN(c3ccccc3)CC2)c2ccccc2)cc1.O=C(O)C(=O)O. The number of carbonyl (C=O) groups is 2. The van der Waals surface area contributed by atoms with Gasteiger partial charge in [-0.2, -0.15) is 0 Å². The van der Waals surface area contributed by atoms with E-state index < -0.39 is 11.9 Å². The highest BCUT2D eigenvalue weighted by Crippen LogP contribution is 2.27. The highest BCUT2D eigenvalue weighted by molar-refractivity contribution is 6.30. The van der Waals surface area contributed by atoms with Gasteiger partial charge in [0, 0.05) is 43.5 Å². The normalized spacial score (nSPS) is 14.4. The summed E-state index contributed by atoms with van der Waals surface area (Å²) in [4.78, 5) is 23.3. The predicted molar refractivity (Wildman–Crippen MR) is 145 cm³/mol. The number of piperazine rings is 1. The van der Waals surface area contributed by atoms with Crippen LogP contribution in [0.2, 0.25) is 5.02 Å². The van der Waals surface area contributed by atoms with Crippen molar-refractivity contribution >= 4 is 29.2 Å². The van der Waals surface area contributed by atoms with E-state index in [2.05, 4.69) is 76.5 Å². The molecule has 1 fully saturated rings. The summed E-state index contributed by atoms with van der Waals surface area (Å²) in [6.07, 6.45) is 2.18. The summed E-state index contributed by atoms with van der Waals surface area (Å²) in [6, 6.07) is 29.2. The van der Waals surface area contributed by atoms with Crippen LogP contribution in [0.1, 0.15) is 30.1 Å². The summed E-state index contributed by atoms with van der Waals surface area (Å²) in [5, 5.41) is 15.5. The average Bonchev–Trinajstić information content (AvgIpc) is 2.93. The standard InChI is InChI=1S/C27H31ClN2O.C2H2O4/c28-25-15-13-24(14-16-25)27(23-9-3-1-4-10-23)31-22-8-7-17-29-18-20-30(21-19-29)26-11-5-2-6-12-26;3-1(4)2(5)6/h1-6,9-16,27H,7-8,17-22H2;(H,3,4)(H,5,6). The maximum atomic E-state index is 9.10. The van der Waals surface area contributed by atoms with Crippen molar-refractivity contribution in [3.63, 3.8) is 0 Å². The van der Waals surface area contributed by atoms with E-state index in [1.807, 2.05) is 18.2 Å². The first-order chi connectivity index (χ1) is 17.9. The second kappa shape index (κ2) is 15.0. The van der Waals surface area contributed by atoms with Crippen LogP contribution in [0.5, 0.6) is 0 Å². The molecule has 0 radical (unpaired) electrons. The lowest BCUT2D eigenvalue weighted by Gasteiger charge is -2.36. The van der Waals surface area contributed by atoms with Gasteiger partial charge in [-0.15, -0.1) is 0 Å². The summed E-state index contributed by atoms with van der Waals surface area (Å²) >= 11 is 6.08. The minimum Gasteiger partial charge on any atom is -0.473 e. The van der Waals surface area contributed by atoms with Gasteiger partial charge in [-0.05, 0) is 54.8 Å². The number of para-hydroxylation sites is 1.